The standard InChI is InChI=1S/C14H9Cl3N4O3/c15-8-2-1-3-9(16)12(8)13(22)21-7-24-6-20(14(21)23)11-5-18-10(17)4-19-11/h1-5H,6-7H2. The number of benzene rings is 1. The highest BCUT2D eigenvalue weighted by atomic mass is 35.5. The number of carbonyl (C=O) groups excluding carboxylic acids is 2. The van der Waals surface area contributed by atoms with Gasteiger partial charge in [0.25, 0.3) is 5.91 Å². The zero-order valence-electron chi connectivity index (χ0n) is 11.9. The van der Waals surface area contributed by atoms with Crippen molar-refractivity contribution in [3.8, 4) is 0 Å². The number of amides is 3. The Morgan fingerprint density at radius 1 is 1.08 bits per heavy atom. The van der Waals surface area contributed by atoms with Crippen LogP contribution in [0, 0.1) is 0 Å². The van der Waals surface area contributed by atoms with E-state index in [1.165, 1.54) is 24.5 Å². The van der Waals surface area contributed by atoms with Crippen molar-refractivity contribution in [2.75, 3.05) is 18.4 Å². The van der Waals surface area contributed by atoms with Crippen LogP contribution in [0.4, 0.5) is 10.6 Å². The molecule has 2 aromatic rings. The number of nitrogens with zero attached hydrogens (tertiary/aromatic N) is 4. The first-order valence-corrected chi connectivity index (χ1v) is 7.75. The maximum absolute atomic E-state index is 12.7. The molecule has 0 unspecified atom stereocenters. The molecule has 1 saturated heterocycles. The van der Waals surface area contributed by atoms with Crippen LogP contribution >= 0.6 is 34.8 Å². The number of imide groups is 1. The quantitative estimate of drug-likeness (QED) is 0.789. The molecule has 0 aliphatic carbocycles. The van der Waals surface area contributed by atoms with Crippen molar-refractivity contribution in [2.24, 2.45) is 0 Å². The van der Waals surface area contributed by atoms with Gasteiger partial charge < -0.3 is 4.74 Å². The highest BCUT2D eigenvalue weighted by Gasteiger charge is 2.34. The smallest absolute Gasteiger partial charge is 0.336 e. The van der Waals surface area contributed by atoms with Crippen LogP contribution in [0.5, 0.6) is 0 Å². The summed E-state index contributed by atoms with van der Waals surface area (Å²) >= 11 is 17.7. The van der Waals surface area contributed by atoms with Crippen LogP contribution in [-0.2, 0) is 4.74 Å². The zero-order valence-corrected chi connectivity index (χ0v) is 14.2. The van der Waals surface area contributed by atoms with Gasteiger partial charge in [0.05, 0.1) is 28.0 Å². The Bertz CT molecular complexity index is 780. The molecule has 0 radical (unpaired) electrons. The number of anilines is 1. The van der Waals surface area contributed by atoms with E-state index in [0.29, 0.717) is 0 Å². The first-order valence-electron chi connectivity index (χ1n) is 6.61. The van der Waals surface area contributed by atoms with E-state index < -0.39 is 11.9 Å². The third-order valence-corrected chi connectivity index (χ3v) is 4.03. The van der Waals surface area contributed by atoms with Crippen LogP contribution in [-0.4, -0.2) is 40.3 Å². The largest absolute Gasteiger partial charge is 0.340 e. The van der Waals surface area contributed by atoms with Gasteiger partial charge in [0, 0.05) is 0 Å². The number of hydrogen-bond acceptors (Lipinski definition) is 5. The van der Waals surface area contributed by atoms with Gasteiger partial charge in [-0.05, 0) is 12.1 Å². The lowest BCUT2D eigenvalue weighted by Crippen LogP contribution is -2.53. The molecule has 3 rings (SSSR count). The average Bonchev–Trinajstić information content (AvgIpc) is 2.56. The Balaban J connectivity index is 1.90. The summed E-state index contributed by atoms with van der Waals surface area (Å²) in [4.78, 5) is 35.1. The van der Waals surface area contributed by atoms with Crippen molar-refractivity contribution in [3.05, 3.63) is 51.4 Å². The summed E-state index contributed by atoms with van der Waals surface area (Å²) in [7, 11) is 0. The maximum Gasteiger partial charge on any atom is 0.336 e. The van der Waals surface area contributed by atoms with Gasteiger partial charge in [-0.1, -0.05) is 40.9 Å². The van der Waals surface area contributed by atoms with Crippen molar-refractivity contribution in [1.29, 1.82) is 0 Å². The SMILES string of the molecule is O=C(c1c(Cl)cccc1Cl)N1COCN(c2cnc(Cl)cn2)C1=O. The molecule has 7 nitrogen and oxygen atoms in total. The van der Waals surface area contributed by atoms with E-state index in [1.807, 2.05) is 0 Å². The molecular formula is C14H9Cl3N4O3. The van der Waals surface area contributed by atoms with Crippen molar-refractivity contribution < 1.29 is 14.3 Å². The predicted octanol–water partition coefficient (Wildman–Crippen LogP) is 3.45. The molecule has 0 N–H and O–H groups in total. The molecule has 1 aromatic carbocycles. The summed E-state index contributed by atoms with van der Waals surface area (Å²) in [5.41, 5.74) is 0.0295. The summed E-state index contributed by atoms with van der Waals surface area (Å²) in [6, 6.07) is 4.00. The molecule has 0 spiro atoms. The van der Waals surface area contributed by atoms with Crippen molar-refractivity contribution in [1.82, 2.24) is 14.9 Å². The highest BCUT2D eigenvalue weighted by Crippen LogP contribution is 2.27. The minimum atomic E-state index is -0.665. The Labute approximate surface area is 151 Å². The molecule has 24 heavy (non-hydrogen) atoms. The van der Waals surface area contributed by atoms with Crippen LogP contribution in [0.2, 0.25) is 15.2 Å². The molecule has 2 heterocycles. The summed E-state index contributed by atoms with van der Waals surface area (Å²) in [5, 5.41) is 0.465. The molecule has 1 fully saturated rings. The van der Waals surface area contributed by atoms with E-state index in [1.54, 1.807) is 6.07 Å². The molecule has 124 valence electrons. The number of carbonyl (C=O) groups is 2. The number of halogens is 3. The second-order valence-electron chi connectivity index (χ2n) is 4.70. The monoisotopic (exact) mass is 386 g/mol. The summed E-state index contributed by atoms with van der Waals surface area (Å²) < 4.78 is 5.30. The van der Waals surface area contributed by atoms with Gasteiger partial charge in [0.15, 0.2) is 5.82 Å². The van der Waals surface area contributed by atoms with Gasteiger partial charge in [-0.2, -0.15) is 0 Å². The molecular weight excluding hydrogens is 379 g/mol. The van der Waals surface area contributed by atoms with Crippen LogP contribution in [0.15, 0.2) is 30.6 Å². The molecule has 0 bridgehead atoms. The normalized spacial score (nSPS) is 14.9. The van der Waals surface area contributed by atoms with Crippen molar-refractivity contribution in [3.63, 3.8) is 0 Å². The number of aromatic nitrogens is 2. The van der Waals surface area contributed by atoms with Gasteiger partial charge >= 0.3 is 6.03 Å². The fraction of sp³-hybridized carbons (Fsp3) is 0.143. The lowest BCUT2D eigenvalue weighted by Gasteiger charge is -2.33. The Hall–Kier alpha value is -1.93. The number of hydrogen-bond donors (Lipinski definition) is 0. The van der Waals surface area contributed by atoms with Crippen LogP contribution in [0.25, 0.3) is 0 Å². The molecule has 0 saturated carbocycles. The fourth-order valence-corrected chi connectivity index (χ4v) is 2.73. The third kappa shape index (κ3) is 3.16. The lowest BCUT2D eigenvalue weighted by atomic mass is 10.2. The topological polar surface area (TPSA) is 75.6 Å². The predicted molar refractivity (Wildman–Crippen MR) is 88.4 cm³/mol. The van der Waals surface area contributed by atoms with E-state index in [4.69, 9.17) is 39.5 Å². The van der Waals surface area contributed by atoms with Crippen molar-refractivity contribution in [2.45, 2.75) is 0 Å². The Morgan fingerprint density at radius 2 is 1.79 bits per heavy atom. The minimum absolute atomic E-state index is 0.0295. The highest BCUT2D eigenvalue weighted by molar-refractivity contribution is 6.40. The summed E-state index contributed by atoms with van der Waals surface area (Å²) in [5.74, 6) is -0.464. The van der Waals surface area contributed by atoms with E-state index in [2.05, 4.69) is 9.97 Å². The number of ether oxygens (including phenoxy) is 1. The average molecular weight is 388 g/mol. The van der Waals surface area contributed by atoms with Gasteiger partial charge in [-0.25, -0.2) is 19.7 Å². The molecule has 0 atom stereocenters. The lowest BCUT2D eigenvalue weighted by molar-refractivity contribution is 0.0219. The van der Waals surface area contributed by atoms with E-state index in [-0.39, 0.29) is 40.0 Å². The van der Waals surface area contributed by atoms with Crippen molar-refractivity contribution >= 4 is 52.6 Å². The second kappa shape index (κ2) is 6.90. The molecule has 3 amide bonds. The first kappa shape index (κ1) is 16.9. The third-order valence-electron chi connectivity index (χ3n) is 3.21. The maximum atomic E-state index is 12.7. The van der Waals surface area contributed by atoms with E-state index in [9.17, 15) is 9.59 Å². The van der Waals surface area contributed by atoms with Gasteiger partial charge in [-0.15, -0.1) is 0 Å². The fourth-order valence-electron chi connectivity index (χ4n) is 2.07. The Morgan fingerprint density at radius 3 is 2.42 bits per heavy atom. The first-order chi connectivity index (χ1) is 11.5. The van der Waals surface area contributed by atoms with E-state index >= 15 is 0 Å². The molecule has 10 heteroatoms. The van der Waals surface area contributed by atoms with Crippen LogP contribution in [0.1, 0.15) is 10.4 Å². The molecule has 1 aliphatic rings. The van der Waals surface area contributed by atoms with E-state index in [0.717, 1.165) is 9.80 Å². The molecule has 1 aliphatic heterocycles. The van der Waals surface area contributed by atoms with Gasteiger partial charge in [0.1, 0.15) is 18.6 Å². The van der Waals surface area contributed by atoms with Crippen LogP contribution in [0.3, 0.4) is 0 Å². The second-order valence-corrected chi connectivity index (χ2v) is 5.90. The number of rotatable bonds is 2. The summed E-state index contributed by atoms with van der Waals surface area (Å²) in [6.45, 7) is -0.300. The van der Waals surface area contributed by atoms with Crippen LogP contribution < -0.4 is 4.90 Å². The van der Waals surface area contributed by atoms with Gasteiger partial charge in [0.2, 0.25) is 0 Å². The minimum Gasteiger partial charge on any atom is -0.340 e. The number of urea groups is 1. The summed E-state index contributed by atoms with van der Waals surface area (Å²) in [6.07, 6.45) is 2.59. The molecule has 1 aromatic heterocycles. The Kier molecular flexibility index (Phi) is 4.86. The van der Waals surface area contributed by atoms with Gasteiger partial charge in [-0.3, -0.25) is 9.69 Å². The zero-order chi connectivity index (χ0) is 17.3.